The Morgan fingerprint density at radius 2 is 2.00 bits per heavy atom. The number of aliphatic carboxylic acids is 1. The highest BCUT2D eigenvalue weighted by atomic mass is 16.5. The maximum Gasteiger partial charge on any atom is 0.317 e. The summed E-state index contributed by atoms with van der Waals surface area (Å²) < 4.78 is 5.65. The van der Waals surface area contributed by atoms with Gasteiger partial charge in [-0.25, -0.2) is 4.79 Å². The van der Waals surface area contributed by atoms with Crippen molar-refractivity contribution in [3.63, 3.8) is 0 Å². The highest BCUT2D eigenvalue weighted by Gasteiger charge is 2.55. The normalized spacial score (nSPS) is 32.5. The lowest BCUT2D eigenvalue weighted by molar-refractivity contribution is -0.142. The molecule has 2 saturated carbocycles. The number of hydrogen-bond acceptors (Lipinski definition) is 5. The molecular weight excluding hydrogens is 360 g/mol. The number of amides is 2. The molecule has 2 N–H and O–H groups in total. The van der Waals surface area contributed by atoms with Gasteiger partial charge in [-0.1, -0.05) is 25.4 Å². The average molecular weight is 390 g/mol. The number of nitrogens with one attached hydrogen (secondary N) is 1. The summed E-state index contributed by atoms with van der Waals surface area (Å²) in [5.74, 6) is 1.01. The quantitative estimate of drug-likeness (QED) is 0.818. The number of aromatic nitrogens is 2. The number of rotatable bonds is 4. The second kappa shape index (κ2) is 7.37. The zero-order valence-corrected chi connectivity index (χ0v) is 16.7. The molecule has 1 aromatic heterocycles. The van der Waals surface area contributed by atoms with Crippen LogP contribution in [0, 0.1) is 11.8 Å². The van der Waals surface area contributed by atoms with Crippen LogP contribution in [0.15, 0.2) is 4.52 Å². The van der Waals surface area contributed by atoms with Crippen molar-refractivity contribution >= 4 is 12.0 Å². The molecule has 2 atom stereocenters. The molecule has 0 radical (unpaired) electrons. The number of carbonyl (C=O) groups is 2. The molecule has 1 aromatic rings. The van der Waals surface area contributed by atoms with E-state index in [4.69, 9.17) is 9.63 Å². The molecule has 4 rings (SSSR count). The standard InChI is InChI=1S/C20H30N4O4/c1-12(2)16-22-18(28-23-16)20-9-3-4-14(20)10-24(11-20)19(27)21-15-7-5-13(6-8-15)17(25)26/h12-15H,3-11H2,1-2H3,(H,21,27)(H,25,26)/t13?,14-,15?,20-/m1/s1. The molecule has 2 amide bonds. The first kappa shape index (κ1) is 19.2. The number of likely N-dealkylation sites (tertiary alicyclic amines) is 1. The molecule has 8 nitrogen and oxygen atoms in total. The van der Waals surface area contributed by atoms with Crippen molar-refractivity contribution in [2.45, 2.75) is 76.2 Å². The second-order valence-corrected chi connectivity index (χ2v) is 9.07. The fraction of sp³-hybridized carbons (Fsp3) is 0.800. The summed E-state index contributed by atoms with van der Waals surface area (Å²) in [6.45, 7) is 5.43. The molecule has 8 heteroatoms. The third-order valence-electron chi connectivity index (χ3n) is 6.95. The van der Waals surface area contributed by atoms with E-state index in [1.54, 1.807) is 0 Å². The monoisotopic (exact) mass is 390 g/mol. The Labute approximate surface area is 165 Å². The van der Waals surface area contributed by atoms with Crippen LogP contribution < -0.4 is 5.32 Å². The van der Waals surface area contributed by atoms with E-state index >= 15 is 0 Å². The van der Waals surface area contributed by atoms with E-state index in [0.717, 1.165) is 44.5 Å². The van der Waals surface area contributed by atoms with Crippen LogP contribution in [0.5, 0.6) is 0 Å². The van der Waals surface area contributed by atoms with Gasteiger partial charge in [0.2, 0.25) is 5.89 Å². The smallest absolute Gasteiger partial charge is 0.317 e. The van der Waals surface area contributed by atoms with Gasteiger partial charge in [-0.15, -0.1) is 0 Å². The van der Waals surface area contributed by atoms with Crippen LogP contribution in [0.2, 0.25) is 0 Å². The van der Waals surface area contributed by atoms with Gasteiger partial charge in [-0.05, 0) is 44.4 Å². The van der Waals surface area contributed by atoms with Gasteiger partial charge in [0.1, 0.15) is 0 Å². The van der Waals surface area contributed by atoms with Gasteiger partial charge < -0.3 is 19.8 Å². The van der Waals surface area contributed by atoms with E-state index in [-0.39, 0.29) is 29.3 Å². The lowest BCUT2D eigenvalue weighted by atomic mass is 9.80. The van der Waals surface area contributed by atoms with Gasteiger partial charge in [0, 0.05) is 25.0 Å². The number of carboxylic acid groups (broad SMARTS) is 1. The highest BCUT2D eigenvalue weighted by Crippen LogP contribution is 2.50. The van der Waals surface area contributed by atoms with Crippen LogP contribution in [0.4, 0.5) is 4.79 Å². The zero-order chi connectivity index (χ0) is 19.9. The number of carbonyl (C=O) groups excluding carboxylic acids is 1. The van der Waals surface area contributed by atoms with E-state index < -0.39 is 5.97 Å². The molecule has 1 aliphatic heterocycles. The van der Waals surface area contributed by atoms with E-state index in [1.807, 2.05) is 18.7 Å². The lowest BCUT2D eigenvalue weighted by Crippen LogP contribution is -2.46. The molecule has 1 saturated heterocycles. The summed E-state index contributed by atoms with van der Waals surface area (Å²) in [4.78, 5) is 30.5. The van der Waals surface area contributed by atoms with Gasteiger partial charge in [0.25, 0.3) is 0 Å². The Morgan fingerprint density at radius 3 is 2.64 bits per heavy atom. The maximum absolute atomic E-state index is 12.9. The van der Waals surface area contributed by atoms with Gasteiger partial charge in [-0.3, -0.25) is 4.79 Å². The fourth-order valence-electron chi connectivity index (χ4n) is 5.22. The molecule has 3 fully saturated rings. The minimum atomic E-state index is -0.723. The topological polar surface area (TPSA) is 109 Å². The van der Waals surface area contributed by atoms with Gasteiger partial charge >= 0.3 is 12.0 Å². The highest BCUT2D eigenvalue weighted by molar-refractivity contribution is 5.75. The molecule has 28 heavy (non-hydrogen) atoms. The first-order valence-electron chi connectivity index (χ1n) is 10.5. The Hall–Kier alpha value is -2.12. The van der Waals surface area contributed by atoms with Crippen LogP contribution in [0.1, 0.15) is 76.4 Å². The first-order valence-corrected chi connectivity index (χ1v) is 10.5. The molecule has 0 spiro atoms. The molecule has 2 heterocycles. The summed E-state index contributed by atoms with van der Waals surface area (Å²) in [6.07, 6.45) is 5.90. The summed E-state index contributed by atoms with van der Waals surface area (Å²) in [6, 6.07) is 0.0200. The lowest BCUT2D eigenvalue weighted by Gasteiger charge is -2.29. The zero-order valence-electron chi connectivity index (χ0n) is 16.7. The van der Waals surface area contributed by atoms with Crippen molar-refractivity contribution < 1.29 is 19.2 Å². The van der Waals surface area contributed by atoms with Crippen molar-refractivity contribution in [3.05, 3.63) is 11.7 Å². The van der Waals surface area contributed by atoms with Gasteiger partial charge in [0.05, 0.1) is 11.3 Å². The van der Waals surface area contributed by atoms with Crippen LogP contribution in [0.3, 0.4) is 0 Å². The number of carboxylic acids is 1. The molecule has 0 unspecified atom stereocenters. The largest absolute Gasteiger partial charge is 0.481 e. The summed E-state index contributed by atoms with van der Waals surface area (Å²) in [5.41, 5.74) is -0.210. The third-order valence-corrected chi connectivity index (χ3v) is 6.95. The predicted octanol–water partition coefficient (Wildman–Crippen LogP) is 2.90. The van der Waals surface area contributed by atoms with Crippen molar-refractivity contribution in [2.24, 2.45) is 11.8 Å². The minimum Gasteiger partial charge on any atom is -0.481 e. The van der Waals surface area contributed by atoms with Gasteiger partial charge in [-0.2, -0.15) is 4.98 Å². The van der Waals surface area contributed by atoms with Crippen molar-refractivity contribution in [2.75, 3.05) is 13.1 Å². The number of hydrogen-bond donors (Lipinski definition) is 2. The maximum atomic E-state index is 12.9. The van der Waals surface area contributed by atoms with Crippen LogP contribution in [0.25, 0.3) is 0 Å². The average Bonchev–Trinajstić information content (AvgIpc) is 3.36. The SMILES string of the molecule is CC(C)c1noc([C@@]23CCC[C@@H]2CN(C(=O)NC2CCC(C(=O)O)CC2)C3)n1. The summed E-state index contributed by atoms with van der Waals surface area (Å²) in [7, 11) is 0. The van der Waals surface area contributed by atoms with Crippen LogP contribution in [-0.2, 0) is 10.2 Å². The number of urea groups is 1. The van der Waals surface area contributed by atoms with E-state index in [2.05, 4.69) is 15.5 Å². The van der Waals surface area contributed by atoms with Crippen molar-refractivity contribution in [1.29, 1.82) is 0 Å². The molecule has 3 aliphatic rings. The Kier molecular flexibility index (Phi) is 5.05. The first-order chi connectivity index (χ1) is 13.4. The molecule has 0 bridgehead atoms. The summed E-state index contributed by atoms with van der Waals surface area (Å²) in [5, 5.41) is 16.4. The number of nitrogens with zero attached hydrogens (tertiary/aromatic N) is 3. The van der Waals surface area contributed by atoms with Gasteiger partial charge in [0.15, 0.2) is 5.82 Å². The Balaban J connectivity index is 1.40. The third kappa shape index (κ3) is 3.37. The Bertz CT molecular complexity index is 740. The predicted molar refractivity (Wildman–Crippen MR) is 101 cm³/mol. The molecular formula is C20H30N4O4. The summed E-state index contributed by atoms with van der Waals surface area (Å²) >= 11 is 0. The number of fused-ring (bicyclic) bond motifs is 1. The van der Waals surface area contributed by atoms with Crippen molar-refractivity contribution in [1.82, 2.24) is 20.4 Å². The Morgan fingerprint density at radius 1 is 1.25 bits per heavy atom. The fourth-order valence-corrected chi connectivity index (χ4v) is 5.22. The molecule has 2 aliphatic carbocycles. The second-order valence-electron chi connectivity index (χ2n) is 9.07. The molecule has 154 valence electrons. The minimum absolute atomic E-state index is 0.0452. The van der Waals surface area contributed by atoms with Crippen LogP contribution in [-0.4, -0.2) is 51.3 Å². The van der Waals surface area contributed by atoms with E-state index in [0.29, 0.717) is 31.2 Å². The molecule has 0 aromatic carbocycles. The van der Waals surface area contributed by atoms with Crippen LogP contribution >= 0.6 is 0 Å². The van der Waals surface area contributed by atoms with Crippen molar-refractivity contribution in [3.8, 4) is 0 Å². The van der Waals surface area contributed by atoms with E-state index in [1.165, 1.54) is 0 Å². The van der Waals surface area contributed by atoms with E-state index in [9.17, 15) is 9.59 Å².